The number of amides is 1. The topological polar surface area (TPSA) is 92.6 Å². The summed E-state index contributed by atoms with van der Waals surface area (Å²) in [5, 5.41) is 7.68. The van der Waals surface area contributed by atoms with Gasteiger partial charge in [0.1, 0.15) is 5.82 Å². The number of ether oxygens (including phenoxy) is 1. The van der Waals surface area contributed by atoms with Crippen LogP contribution in [0, 0.1) is 13.8 Å². The van der Waals surface area contributed by atoms with Crippen molar-refractivity contribution in [1.29, 1.82) is 0 Å². The Morgan fingerprint density at radius 1 is 1.03 bits per heavy atom. The van der Waals surface area contributed by atoms with Crippen LogP contribution in [0.1, 0.15) is 35.1 Å². The number of aryl methyl sites for hydroxylation is 1. The lowest BCUT2D eigenvalue weighted by Crippen LogP contribution is -2.36. The zero-order chi connectivity index (χ0) is 24.8. The fourth-order valence-corrected chi connectivity index (χ4v) is 4.29. The summed E-state index contributed by atoms with van der Waals surface area (Å²) in [5.74, 6) is 0.414. The fourth-order valence-electron chi connectivity index (χ4n) is 4.29. The van der Waals surface area contributed by atoms with Gasteiger partial charge in [-0.2, -0.15) is 5.10 Å². The van der Waals surface area contributed by atoms with Gasteiger partial charge >= 0.3 is 5.97 Å². The van der Waals surface area contributed by atoms with Gasteiger partial charge < -0.3 is 15.0 Å². The molecule has 9 nitrogen and oxygen atoms in total. The summed E-state index contributed by atoms with van der Waals surface area (Å²) in [6.45, 7) is 9.47. The fraction of sp³-hybridized carbons (Fsp3) is 0.385. The van der Waals surface area contributed by atoms with E-state index in [1.54, 1.807) is 19.2 Å². The van der Waals surface area contributed by atoms with Crippen LogP contribution in [-0.4, -0.2) is 70.9 Å². The summed E-state index contributed by atoms with van der Waals surface area (Å²) >= 11 is 0. The van der Waals surface area contributed by atoms with Gasteiger partial charge in [0, 0.05) is 32.4 Å². The van der Waals surface area contributed by atoms with Crippen LogP contribution in [-0.2, 0) is 9.53 Å². The molecular weight excluding hydrogens is 444 g/mol. The van der Waals surface area contributed by atoms with Gasteiger partial charge in [-0.15, -0.1) is 0 Å². The Morgan fingerprint density at radius 2 is 1.83 bits per heavy atom. The zero-order valence-electron chi connectivity index (χ0n) is 20.5. The molecule has 2 aromatic heterocycles. The summed E-state index contributed by atoms with van der Waals surface area (Å²) in [5.41, 5.74) is 3.87. The lowest BCUT2D eigenvalue weighted by Gasteiger charge is -2.22. The first kappa shape index (κ1) is 24.4. The van der Waals surface area contributed by atoms with Gasteiger partial charge in [-0.1, -0.05) is 18.2 Å². The Balaban J connectivity index is 1.34. The Kier molecular flexibility index (Phi) is 7.77. The van der Waals surface area contributed by atoms with Gasteiger partial charge in [0.2, 0.25) is 5.91 Å². The largest absolute Gasteiger partial charge is 0.462 e. The first-order valence-electron chi connectivity index (χ1n) is 12.0. The predicted molar refractivity (Wildman–Crippen MR) is 135 cm³/mol. The number of anilines is 2. The van der Waals surface area contributed by atoms with E-state index in [1.807, 2.05) is 54.9 Å². The maximum absolute atomic E-state index is 12.9. The highest BCUT2D eigenvalue weighted by atomic mass is 16.5. The summed E-state index contributed by atoms with van der Waals surface area (Å²) in [6, 6.07) is 13.5. The Morgan fingerprint density at radius 3 is 2.54 bits per heavy atom. The minimum Gasteiger partial charge on any atom is -0.462 e. The normalized spacial score (nSPS) is 14.4. The molecule has 3 aromatic rings. The number of rotatable bonds is 7. The smallest absolute Gasteiger partial charge is 0.339 e. The highest BCUT2D eigenvalue weighted by molar-refractivity contribution is 5.93. The number of aromatic nitrogens is 3. The highest BCUT2D eigenvalue weighted by Gasteiger charge is 2.20. The molecule has 1 aliphatic heterocycles. The minimum absolute atomic E-state index is 0.0471. The quantitative estimate of drug-likeness (QED) is 0.524. The summed E-state index contributed by atoms with van der Waals surface area (Å²) in [7, 11) is 0. The molecule has 1 amide bonds. The number of nitrogens with zero attached hydrogens (tertiary/aromatic N) is 5. The van der Waals surface area contributed by atoms with E-state index < -0.39 is 0 Å². The standard InChI is InChI=1S/C26H32N6O3/c1-4-35-26(34)21-11-12-23(27-17-21)31-14-8-13-30(15-16-31)18-24(33)28-25-19(2)29-32(20(25)3)22-9-6-5-7-10-22/h5-7,9-12,17H,4,8,13-16,18H2,1-3H3,(H,28,33). The molecule has 1 aromatic carbocycles. The first-order chi connectivity index (χ1) is 17.0. The van der Waals surface area contributed by atoms with Crippen molar-refractivity contribution in [3.05, 3.63) is 65.6 Å². The molecule has 4 rings (SSSR count). The lowest BCUT2D eigenvalue weighted by molar-refractivity contribution is -0.117. The molecule has 0 atom stereocenters. The average Bonchev–Trinajstić information content (AvgIpc) is 3.02. The third kappa shape index (κ3) is 5.86. The summed E-state index contributed by atoms with van der Waals surface area (Å²) < 4.78 is 6.88. The molecule has 1 N–H and O–H groups in total. The van der Waals surface area contributed by atoms with Crippen molar-refractivity contribution in [2.24, 2.45) is 0 Å². The molecule has 0 unspecified atom stereocenters. The molecule has 0 spiro atoms. The van der Waals surface area contributed by atoms with Crippen LogP contribution >= 0.6 is 0 Å². The lowest BCUT2D eigenvalue weighted by atomic mass is 10.2. The molecule has 0 saturated carbocycles. The Hall–Kier alpha value is -3.72. The zero-order valence-corrected chi connectivity index (χ0v) is 20.5. The van der Waals surface area contributed by atoms with Gasteiger partial charge in [0.15, 0.2) is 0 Å². The second-order valence-electron chi connectivity index (χ2n) is 8.58. The first-order valence-corrected chi connectivity index (χ1v) is 12.0. The van der Waals surface area contributed by atoms with Crippen LogP contribution in [0.2, 0.25) is 0 Å². The van der Waals surface area contributed by atoms with E-state index in [2.05, 4.69) is 25.2 Å². The van der Waals surface area contributed by atoms with Crippen molar-refractivity contribution in [2.75, 3.05) is 49.5 Å². The van der Waals surface area contributed by atoms with Gasteiger partial charge in [0.05, 0.1) is 41.5 Å². The van der Waals surface area contributed by atoms with E-state index >= 15 is 0 Å². The molecule has 3 heterocycles. The third-order valence-electron chi connectivity index (χ3n) is 6.10. The summed E-state index contributed by atoms with van der Waals surface area (Å²) in [4.78, 5) is 33.5. The maximum Gasteiger partial charge on any atom is 0.339 e. The third-order valence-corrected chi connectivity index (χ3v) is 6.10. The van der Waals surface area contributed by atoms with Crippen LogP contribution in [0.4, 0.5) is 11.5 Å². The second kappa shape index (κ2) is 11.1. The molecule has 184 valence electrons. The van der Waals surface area contributed by atoms with Gasteiger partial charge in [-0.3, -0.25) is 9.69 Å². The van der Waals surface area contributed by atoms with Crippen LogP contribution in [0.5, 0.6) is 0 Å². The Bertz CT molecular complexity index is 1160. The number of esters is 1. The van der Waals surface area contributed by atoms with Crippen molar-refractivity contribution in [3.8, 4) is 5.69 Å². The van der Waals surface area contributed by atoms with Crippen molar-refractivity contribution in [2.45, 2.75) is 27.2 Å². The number of para-hydroxylation sites is 1. The Labute approximate surface area is 205 Å². The van der Waals surface area contributed by atoms with Gasteiger partial charge in [-0.25, -0.2) is 14.5 Å². The number of hydrogen-bond donors (Lipinski definition) is 1. The maximum atomic E-state index is 12.9. The molecule has 9 heteroatoms. The van der Waals surface area contributed by atoms with Crippen molar-refractivity contribution >= 4 is 23.4 Å². The van der Waals surface area contributed by atoms with Crippen LogP contribution < -0.4 is 10.2 Å². The summed E-state index contributed by atoms with van der Waals surface area (Å²) in [6.07, 6.45) is 2.47. The van der Waals surface area contributed by atoms with E-state index in [4.69, 9.17) is 4.74 Å². The predicted octanol–water partition coefficient (Wildman–Crippen LogP) is 3.21. The average molecular weight is 477 g/mol. The molecule has 1 saturated heterocycles. The van der Waals surface area contributed by atoms with E-state index in [0.29, 0.717) is 18.7 Å². The van der Waals surface area contributed by atoms with Gasteiger partial charge in [0.25, 0.3) is 0 Å². The molecule has 0 bridgehead atoms. The minimum atomic E-state index is -0.362. The van der Waals surface area contributed by atoms with Crippen molar-refractivity contribution in [3.63, 3.8) is 0 Å². The van der Waals surface area contributed by atoms with Crippen LogP contribution in [0.15, 0.2) is 48.7 Å². The monoisotopic (exact) mass is 476 g/mol. The molecular formula is C26H32N6O3. The van der Waals surface area contributed by atoms with E-state index in [9.17, 15) is 9.59 Å². The van der Waals surface area contributed by atoms with E-state index in [0.717, 1.165) is 61.2 Å². The molecule has 35 heavy (non-hydrogen) atoms. The molecule has 1 aliphatic rings. The number of benzene rings is 1. The van der Waals surface area contributed by atoms with Crippen LogP contribution in [0.25, 0.3) is 5.69 Å². The van der Waals surface area contributed by atoms with Gasteiger partial charge in [-0.05, 0) is 51.5 Å². The number of carbonyl (C=O) groups is 2. The number of carbonyl (C=O) groups excluding carboxylic acids is 2. The molecule has 0 radical (unpaired) electrons. The number of hydrogen-bond acceptors (Lipinski definition) is 7. The van der Waals surface area contributed by atoms with Crippen LogP contribution in [0.3, 0.4) is 0 Å². The SMILES string of the molecule is CCOC(=O)c1ccc(N2CCCN(CC(=O)Nc3c(C)nn(-c4ccccc4)c3C)CC2)nc1. The van der Waals surface area contributed by atoms with Crippen molar-refractivity contribution < 1.29 is 14.3 Å². The van der Waals surface area contributed by atoms with Crippen molar-refractivity contribution in [1.82, 2.24) is 19.7 Å². The highest BCUT2D eigenvalue weighted by Crippen LogP contribution is 2.23. The van der Waals surface area contributed by atoms with E-state index in [-0.39, 0.29) is 11.9 Å². The molecule has 1 fully saturated rings. The van der Waals surface area contributed by atoms with E-state index in [1.165, 1.54) is 0 Å². The number of pyridine rings is 1. The second-order valence-corrected chi connectivity index (χ2v) is 8.58. The molecule has 0 aliphatic carbocycles. The number of nitrogens with one attached hydrogen (secondary N) is 1.